The smallest absolute Gasteiger partial charge is 0.264 e. The van der Waals surface area contributed by atoms with Crippen molar-refractivity contribution in [2.45, 2.75) is 28.3 Å². The summed E-state index contributed by atoms with van der Waals surface area (Å²) in [4.78, 5) is 12.8. The number of thioether (sulfide) groups is 1. The molecule has 0 atom stereocenters. The van der Waals surface area contributed by atoms with Crippen LogP contribution < -0.4 is 14.4 Å². The van der Waals surface area contributed by atoms with Crippen LogP contribution in [0, 0.1) is 0 Å². The van der Waals surface area contributed by atoms with Gasteiger partial charge in [-0.2, -0.15) is 0 Å². The first kappa shape index (κ1) is 23.0. The summed E-state index contributed by atoms with van der Waals surface area (Å²) in [6.07, 6.45) is 0. The predicted octanol–water partition coefficient (Wildman–Crippen LogP) is 3.88. The molecule has 1 amide bonds. The van der Waals surface area contributed by atoms with Crippen molar-refractivity contribution >= 4 is 49.8 Å². The van der Waals surface area contributed by atoms with Crippen molar-refractivity contribution in [1.29, 1.82) is 0 Å². The highest BCUT2D eigenvalue weighted by atomic mass is 32.2. The number of nitrogens with zero attached hydrogens (tertiary/aromatic N) is 3. The van der Waals surface area contributed by atoms with E-state index in [4.69, 9.17) is 4.74 Å². The van der Waals surface area contributed by atoms with E-state index in [1.165, 1.54) is 42.3 Å². The topological polar surface area (TPSA) is 101 Å². The molecule has 0 bridgehead atoms. The molecule has 1 aromatic heterocycles. The van der Waals surface area contributed by atoms with Crippen LogP contribution in [-0.4, -0.2) is 43.4 Å². The van der Waals surface area contributed by atoms with E-state index in [0.29, 0.717) is 16.1 Å². The first-order valence-electron chi connectivity index (χ1n) is 9.32. The summed E-state index contributed by atoms with van der Waals surface area (Å²) in [7, 11) is -2.58. The van der Waals surface area contributed by atoms with Crippen LogP contribution in [0.25, 0.3) is 0 Å². The lowest BCUT2D eigenvalue weighted by Crippen LogP contribution is -2.38. The van der Waals surface area contributed by atoms with Crippen LogP contribution in [0.4, 0.5) is 10.8 Å². The van der Waals surface area contributed by atoms with Crippen LogP contribution in [0.1, 0.15) is 13.8 Å². The number of amides is 1. The minimum atomic E-state index is -4.03. The van der Waals surface area contributed by atoms with E-state index >= 15 is 0 Å². The maximum atomic E-state index is 13.4. The molecule has 0 unspecified atom stereocenters. The molecule has 11 heteroatoms. The molecule has 0 saturated heterocycles. The molecule has 3 aromatic rings. The van der Waals surface area contributed by atoms with Crippen molar-refractivity contribution in [3.63, 3.8) is 0 Å². The highest BCUT2D eigenvalue weighted by Gasteiger charge is 2.29. The van der Waals surface area contributed by atoms with Gasteiger partial charge in [0.05, 0.1) is 17.7 Å². The van der Waals surface area contributed by atoms with Crippen molar-refractivity contribution in [2.75, 3.05) is 23.3 Å². The second-order valence-electron chi connectivity index (χ2n) is 6.58. The third-order valence-electron chi connectivity index (χ3n) is 3.96. The number of methoxy groups -OCH3 is 1. The van der Waals surface area contributed by atoms with Gasteiger partial charge in [0, 0.05) is 5.25 Å². The predicted molar refractivity (Wildman–Crippen MR) is 123 cm³/mol. The Balaban J connectivity index is 1.90. The molecule has 0 fully saturated rings. The molecule has 0 radical (unpaired) electrons. The number of sulfonamides is 1. The Morgan fingerprint density at radius 1 is 1.13 bits per heavy atom. The van der Waals surface area contributed by atoms with Gasteiger partial charge in [-0.1, -0.05) is 67.3 Å². The largest absolute Gasteiger partial charge is 0.495 e. The molecule has 1 N–H and O–H groups in total. The average molecular weight is 479 g/mol. The van der Waals surface area contributed by atoms with E-state index in [1.54, 1.807) is 42.5 Å². The van der Waals surface area contributed by atoms with E-state index in [9.17, 15) is 13.2 Å². The summed E-state index contributed by atoms with van der Waals surface area (Å²) < 4.78 is 33.8. The number of carbonyl (C=O) groups excluding carboxylic acids is 1. The number of carbonyl (C=O) groups is 1. The molecule has 0 aliphatic carbocycles. The van der Waals surface area contributed by atoms with Crippen molar-refractivity contribution < 1.29 is 17.9 Å². The number of rotatable bonds is 9. The van der Waals surface area contributed by atoms with Crippen LogP contribution in [0.2, 0.25) is 0 Å². The zero-order chi connectivity index (χ0) is 22.4. The third kappa shape index (κ3) is 5.75. The number of aromatic nitrogens is 2. The molecule has 0 spiro atoms. The van der Waals surface area contributed by atoms with E-state index in [0.717, 1.165) is 8.64 Å². The molecule has 1 heterocycles. The van der Waals surface area contributed by atoms with Gasteiger partial charge in [-0.15, -0.1) is 10.2 Å². The summed E-state index contributed by atoms with van der Waals surface area (Å²) in [5.41, 5.74) is 0.261. The molecule has 8 nitrogen and oxygen atoms in total. The number of benzene rings is 2. The SMILES string of the molecule is COc1ccccc1N(CC(=O)Nc1nnc(SC(C)C)s1)S(=O)(=O)c1ccccc1. The molecular formula is C20H22N4O4S3. The second kappa shape index (κ2) is 10.1. The van der Waals surface area contributed by atoms with Crippen molar-refractivity contribution in [3.8, 4) is 5.75 Å². The number of hydrogen-bond donors (Lipinski definition) is 1. The minimum Gasteiger partial charge on any atom is -0.495 e. The van der Waals surface area contributed by atoms with Gasteiger partial charge in [-0.3, -0.25) is 14.4 Å². The Bertz CT molecular complexity index is 1130. The first-order valence-corrected chi connectivity index (χ1v) is 12.5. The lowest BCUT2D eigenvalue weighted by atomic mass is 10.3. The normalized spacial score (nSPS) is 11.4. The fourth-order valence-corrected chi connectivity index (χ4v) is 6.10. The summed E-state index contributed by atoms with van der Waals surface area (Å²) in [6, 6.07) is 14.6. The quantitative estimate of drug-likeness (QED) is 0.368. The Labute approximate surface area is 189 Å². The molecule has 164 valence electrons. The van der Waals surface area contributed by atoms with Crippen molar-refractivity contribution in [1.82, 2.24) is 10.2 Å². The zero-order valence-electron chi connectivity index (χ0n) is 17.2. The fourth-order valence-electron chi connectivity index (χ4n) is 2.65. The highest BCUT2D eigenvalue weighted by molar-refractivity contribution is 8.01. The van der Waals surface area contributed by atoms with Gasteiger partial charge >= 0.3 is 0 Å². The maximum Gasteiger partial charge on any atom is 0.264 e. The number of para-hydroxylation sites is 2. The van der Waals surface area contributed by atoms with Crippen LogP contribution in [0.15, 0.2) is 63.8 Å². The second-order valence-corrected chi connectivity index (χ2v) is 11.2. The summed E-state index contributed by atoms with van der Waals surface area (Å²) >= 11 is 2.77. The van der Waals surface area contributed by atoms with Crippen LogP contribution in [-0.2, 0) is 14.8 Å². The lowest BCUT2D eigenvalue weighted by Gasteiger charge is -2.25. The molecule has 31 heavy (non-hydrogen) atoms. The standard InChI is InChI=1S/C20H22N4O4S3/c1-14(2)29-20-23-22-19(30-20)21-18(25)13-24(16-11-7-8-12-17(16)28-3)31(26,27)15-9-5-4-6-10-15/h4-12,14H,13H2,1-3H3,(H,21,22,25). The van der Waals surface area contributed by atoms with Gasteiger partial charge in [0.2, 0.25) is 11.0 Å². The summed E-state index contributed by atoms with van der Waals surface area (Å²) in [5.74, 6) is -0.205. The monoisotopic (exact) mass is 478 g/mol. The Hall–Kier alpha value is -2.63. The van der Waals surface area contributed by atoms with Gasteiger partial charge in [0.25, 0.3) is 10.0 Å². The number of anilines is 2. The minimum absolute atomic E-state index is 0.0697. The van der Waals surface area contributed by atoms with Gasteiger partial charge in [-0.05, 0) is 24.3 Å². The Morgan fingerprint density at radius 2 is 1.81 bits per heavy atom. The van der Waals surface area contributed by atoms with E-state index in [2.05, 4.69) is 15.5 Å². The summed E-state index contributed by atoms with van der Waals surface area (Å²) in [5, 5.41) is 11.3. The van der Waals surface area contributed by atoms with E-state index in [1.807, 2.05) is 13.8 Å². The van der Waals surface area contributed by atoms with Gasteiger partial charge in [-0.25, -0.2) is 8.42 Å². The van der Waals surface area contributed by atoms with E-state index in [-0.39, 0.29) is 10.6 Å². The molecule has 0 aliphatic heterocycles. The van der Waals surface area contributed by atoms with Gasteiger partial charge in [0.1, 0.15) is 12.3 Å². The highest BCUT2D eigenvalue weighted by Crippen LogP contribution is 2.32. The lowest BCUT2D eigenvalue weighted by molar-refractivity contribution is -0.114. The van der Waals surface area contributed by atoms with Gasteiger partial charge < -0.3 is 4.74 Å². The molecule has 0 aliphatic rings. The maximum absolute atomic E-state index is 13.4. The fraction of sp³-hybridized carbons (Fsp3) is 0.250. The van der Waals surface area contributed by atoms with Crippen LogP contribution >= 0.6 is 23.1 Å². The molecule has 0 saturated carbocycles. The van der Waals surface area contributed by atoms with E-state index < -0.39 is 22.5 Å². The Kier molecular flexibility index (Phi) is 7.52. The number of ether oxygens (including phenoxy) is 1. The molecule has 3 rings (SSSR count). The summed E-state index contributed by atoms with van der Waals surface area (Å²) in [6.45, 7) is 3.61. The third-order valence-corrected chi connectivity index (χ3v) is 7.66. The van der Waals surface area contributed by atoms with Crippen molar-refractivity contribution in [3.05, 3.63) is 54.6 Å². The Morgan fingerprint density at radius 3 is 2.48 bits per heavy atom. The van der Waals surface area contributed by atoms with Gasteiger partial charge in [0.15, 0.2) is 4.34 Å². The van der Waals surface area contributed by atoms with Crippen molar-refractivity contribution in [2.24, 2.45) is 0 Å². The number of nitrogens with one attached hydrogen (secondary N) is 1. The van der Waals surface area contributed by atoms with Crippen LogP contribution in [0.5, 0.6) is 5.75 Å². The molecular weight excluding hydrogens is 456 g/mol. The van der Waals surface area contributed by atoms with Crippen LogP contribution in [0.3, 0.4) is 0 Å². The first-order chi connectivity index (χ1) is 14.8. The average Bonchev–Trinajstić information content (AvgIpc) is 3.18. The number of hydrogen-bond acceptors (Lipinski definition) is 8. The zero-order valence-corrected chi connectivity index (χ0v) is 19.6. The molecule has 2 aromatic carbocycles.